The molecule has 2 aromatic carbocycles. The van der Waals surface area contributed by atoms with Crippen LogP contribution < -0.4 is 19.5 Å². The third-order valence-electron chi connectivity index (χ3n) is 4.53. The van der Waals surface area contributed by atoms with Gasteiger partial charge in [-0.2, -0.15) is 5.26 Å². The molecule has 0 saturated carbocycles. The standard InChI is InChI=1S/C22H19N3O4S/c1-13-3-4-18(27-2)17(7-13)24-21(26)12-30-22-15(11-23)8-14-9-19-20(10-16(14)25-22)29-6-5-28-19/h3-4,7-10H,5-6,12H2,1-2H3,(H,24,26). The summed E-state index contributed by atoms with van der Waals surface area (Å²) in [5.74, 6) is 1.76. The number of aryl methyl sites for hydroxylation is 1. The minimum Gasteiger partial charge on any atom is -0.495 e. The maximum atomic E-state index is 12.5. The van der Waals surface area contributed by atoms with Crippen molar-refractivity contribution in [1.29, 1.82) is 5.26 Å². The van der Waals surface area contributed by atoms with E-state index in [1.807, 2.05) is 31.2 Å². The van der Waals surface area contributed by atoms with Crippen molar-refractivity contribution in [1.82, 2.24) is 4.98 Å². The highest BCUT2D eigenvalue weighted by atomic mass is 32.2. The van der Waals surface area contributed by atoms with E-state index in [0.29, 0.717) is 52.3 Å². The van der Waals surface area contributed by atoms with Crippen LogP contribution in [0.5, 0.6) is 17.2 Å². The van der Waals surface area contributed by atoms with Crippen molar-refractivity contribution in [3.05, 3.63) is 47.5 Å². The minimum absolute atomic E-state index is 0.106. The van der Waals surface area contributed by atoms with Crippen molar-refractivity contribution in [2.45, 2.75) is 11.9 Å². The molecule has 152 valence electrons. The predicted molar refractivity (Wildman–Crippen MR) is 115 cm³/mol. The van der Waals surface area contributed by atoms with Gasteiger partial charge in [-0.1, -0.05) is 17.8 Å². The number of amides is 1. The Bertz CT molecular complexity index is 1170. The van der Waals surface area contributed by atoms with E-state index in [1.165, 1.54) is 11.8 Å². The van der Waals surface area contributed by atoms with Crippen molar-refractivity contribution in [2.24, 2.45) is 0 Å². The monoisotopic (exact) mass is 421 g/mol. The number of hydrogen-bond acceptors (Lipinski definition) is 7. The van der Waals surface area contributed by atoms with Gasteiger partial charge in [0.05, 0.1) is 29.6 Å². The number of ether oxygens (including phenoxy) is 3. The Morgan fingerprint density at radius 1 is 1.23 bits per heavy atom. The number of anilines is 1. The highest BCUT2D eigenvalue weighted by Gasteiger charge is 2.16. The molecule has 2 heterocycles. The number of carbonyl (C=O) groups is 1. The lowest BCUT2D eigenvalue weighted by molar-refractivity contribution is -0.113. The number of fused-ring (bicyclic) bond motifs is 2. The number of thioether (sulfide) groups is 1. The number of aromatic nitrogens is 1. The molecule has 3 aromatic rings. The molecule has 0 radical (unpaired) electrons. The van der Waals surface area contributed by atoms with Crippen molar-refractivity contribution < 1.29 is 19.0 Å². The molecule has 0 bridgehead atoms. The maximum absolute atomic E-state index is 12.5. The van der Waals surface area contributed by atoms with Crippen LogP contribution in [0, 0.1) is 18.3 Å². The van der Waals surface area contributed by atoms with Gasteiger partial charge in [-0.3, -0.25) is 4.79 Å². The number of carbonyl (C=O) groups excluding carboxylic acids is 1. The second-order valence-corrected chi connectivity index (χ2v) is 7.65. The Hall–Kier alpha value is -3.44. The molecule has 7 nitrogen and oxygen atoms in total. The SMILES string of the molecule is COc1ccc(C)cc1NC(=O)CSc1nc2cc3c(cc2cc1C#N)OCCO3. The van der Waals surface area contributed by atoms with E-state index in [2.05, 4.69) is 16.4 Å². The van der Waals surface area contributed by atoms with E-state index in [1.54, 1.807) is 19.2 Å². The van der Waals surface area contributed by atoms with Crippen LogP contribution in [0.15, 0.2) is 41.4 Å². The Balaban J connectivity index is 1.54. The molecule has 0 saturated heterocycles. The second kappa shape index (κ2) is 8.51. The lowest BCUT2D eigenvalue weighted by atomic mass is 10.1. The first kappa shape index (κ1) is 19.9. The Morgan fingerprint density at radius 3 is 2.73 bits per heavy atom. The third-order valence-corrected chi connectivity index (χ3v) is 5.52. The molecule has 8 heteroatoms. The van der Waals surface area contributed by atoms with Crippen molar-refractivity contribution >= 4 is 34.3 Å². The molecule has 0 fully saturated rings. The number of nitrogens with zero attached hydrogens (tertiary/aromatic N) is 2. The first-order valence-electron chi connectivity index (χ1n) is 9.29. The number of nitriles is 1. The number of rotatable bonds is 5. The smallest absolute Gasteiger partial charge is 0.234 e. The largest absolute Gasteiger partial charge is 0.495 e. The highest BCUT2D eigenvalue weighted by Crippen LogP contribution is 2.35. The fraction of sp³-hybridized carbons (Fsp3) is 0.227. The molecule has 1 aromatic heterocycles. The van der Waals surface area contributed by atoms with Gasteiger partial charge in [-0.25, -0.2) is 4.98 Å². The number of methoxy groups -OCH3 is 1. The van der Waals surface area contributed by atoms with Crippen molar-refractivity contribution in [3.8, 4) is 23.3 Å². The summed E-state index contributed by atoms with van der Waals surface area (Å²) < 4.78 is 16.5. The summed E-state index contributed by atoms with van der Waals surface area (Å²) in [7, 11) is 1.56. The molecule has 4 rings (SSSR count). The minimum atomic E-state index is -0.211. The van der Waals surface area contributed by atoms with Gasteiger partial charge >= 0.3 is 0 Å². The van der Waals surface area contributed by atoms with Gasteiger partial charge in [0, 0.05) is 11.5 Å². The lowest BCUT2D eigenvalue weighted by Crippen LogP contribution is -2.15. The summed E-state index contributed by atoms with van der Waals surface area (Å²) in [5, 5.41) is 13.7. The number of pyridine rings is 1. The molecule has 0 unspecified atom stereocenters. The summed E-state index contributed by atoms with van der Waals surface area (Å²) in [4.78, 5) is 17.1. The van der Waals surface area contributed by atoms with Crippen LogP contribution in [0.25, 0.3) is 10.9 Å². The molecule has 1 N–H and O–H groups in total. The number of hydrogen-bond donors (Lipinski definition) is 1. The van der Waals surface area contributed by atoms with Gasteiger partial charge in [0.1, 0.15) is 30.1 Å². The zero-order chi connectivity index (χ0) is 21.1. The fourth-order valence-corrected chi connectivity index (χ4v) is 3.89. The quantitative estimate of drug-likeness (QED) is 0.624. The van der Waals surface area contributed by atoms with Gasteiger partial charge < -0.3 is 19.5 Å². The molecule has 30 heavy (non-hydrogen) atoms. The normalized spacial score (nSPS) is 12.3. The summed E-state index contributed by atoms with van der Waals surface area (Å²) in [6, 6.07) is 13.1. The van der Waals surface area contributed by atoms with Crippen LogP contribution in [0.2, 0.25) is 0 Å². The van der Waals surface area contributed by atoms with Gasteiger partial charge in [0.15, 0.2) is 11.5 Å². The average Bonchev–Trinajstić information content (AvgIpc) is 2.75. The molecule has 1 aliphatic rings. The van der Waals surface area contributed by atoms with E-state index in [-0.39, 0.29) is 11.7 Å². The first-order chi connectivity index (χ1) is 14.6. The summed E-state index contributed by atoms with van der Waals surface area (Å²) in [6.45, 7) is 2.92. The van der Waals surface area contributed by atoms with Gasteiger partial charge in [-0.05, 0) is 36.8 Å². The van der Waals surface area contributed by atoms with E-state index in [4.69, 9.17) is 14.2 Å². The molecule has 1 aliphatic heterocycles. The number of nitrogens with one attached hydrogen (secondary N) is 1. The molecule has 0 aliphatic carbocycles. The molecular formula is C22H19N3O4S. The fourth-order valence-electron chi connectivity index (χ4n) is 3.12. The molecule has 0 spiro atoms. The van der Waals surface area contributed by atoms with Crippen LogP contribution in [-0.4, -0.2) is 37.0 Å². The van der Waals surface area contributed by atoms with Crippen LogP contribution >= 0.6 is 11.8 Å². The van der Waals surface area contributed by atoms with Crippen molar-refractivity contribution in [3.63, 3.8) is 0 Å². The highest BCUT2D eigenvalue weighted by molar-refractivity contribution is 8.00. The molecular weight excluding hydrogens is 402 g/mol. The van der Waals surface area contributed by atoms with Crippen LogP contribution in [0.1, 0.15) is 11.1 Å². The average molecular weight is 421 g/mol. The second-order valence-electron chi connectivity index (χ2n) is 6.68. The summed E-state index contributed by atoms with van der Waals surface area (Å²) >= 11 is 1.21. The van der Waals surface area contributed by atoms with Crippen LogP contribution in [0.4, 0.5) is 5.69 Å². The van der Waals surface area contributed by atoms with E-state index in [9.17, 15) is 10.1 Å². The van der Waals surface area contributed by atoms with Crippen LogP contribution in [0.3, 0.4) is 0 Å². The van der Waals surface area contributed by atoms with Gasteiger partial charge in [-0.15, -0.1) is 0 Å². The maximum Gasteiger partial charge on any atom is 0.234 e. The Kier molecular flexibility index (Phi) is 5.63. The van der Waals surface area contributed by atoms with E-state index >= 15 is 0 Å². The number of benzene rings is 2. The van der Waals surface area contributed by atoms with Gasteiger partial charge in [0.25, 0.3) is 0 Å². The van der Waals surface area contributed by atoms with Crippen LogP contribution in [-0.2, 0) is 4.79 Å². The first-order valence-corrected chi connectivity index (χ1v) is 10.3. The van der Waals surface area contributed by atoms with E-state index < -0.39 is 0 Å². The van der Waals surface area contributed by atoms with Gasteiger partial charge in [0.2, 0.25) is 5.91 Å². The lowest BCUT2D eigenvalue weighted by Gasteiger charge is -2.19. The van der Waals surface area contributed by atoms with Crippen molar-refractivity contribution in [2.75, 3.05) is 31.4 Å². The third kappa shape index (κ3) is 4.11. The predicted octanol–water partition coefficient (Wildman–Crippen LogP) is 3.93. The topological polar surface area (TPSA) is 93.5 Å². The van der Waals surface area contributed by atoms with E-state index in [0.717, 1.165) is 10.9 Å². The zero-order valence-electron chi connectivity index (χ0n) is 16.5. The Labute approximate surface area is 178 Å². The molecule has 0 atom stereocenters. The zero-order valence-corrected chi connectivity index (χ0v) is 17.3. The molecule has 1 amide bonds. The summed E-state index contributed by atoms with van der Waals surface area (Å²) in [5.41, 5.74) is 2.71. The summed E-state index contributed by atoms with van der Waals surface area (Å²) in [6.07, 6.45) is 0. The Morgan fingerprint density at radius 2 is 2.00 bits per heavy atom.